The van der Waals surface area contributed by atoms with Gasteiger partial charge in [0.1, 0.15) is 0 Å². The molecule has 0 bridgehead atoms. The predicted octanol–water partition coefficient (Wildman–Crippen LogP) is 2.83. The van der Waals surface area contributed by atoms with Gasteiger partial charge in [0, 0.05) is 24.8 Å². The number of nitrogens with one attached hydrogen (secondary N) is 1. The normalized spacial score (nSPS) is 31.4. The van der Waals surface area contributed by atoms with Gasteiger partial charge in [-0.15, -0.1) is 0 Å². The van der Waals surface area contributed by atoms with Gasteiger partial charge < -0.3 is 10.2 Å². The first kappa shape index (κ1) is 12.0. The summed E-state index contributed by atoms with van der Waals surface area (Å²) in [5.74, 6) is 0. The first-order valence-electron chi connectivity index (χ1n) is 7.23. The van der Waals surface area contributed by atoms with Gasteiger partial charge in [-0.3, -0.25) is 0 Å². The first-order valence-corrected chi connectivity index (χ1v) is 7.23. The van der Waals surface area contributed by atoms with E-state index < -0.39 is 0 Å². The highest BCUT2D eigenvalue weighted by Gasteiger charge is 2.34. The summed E-state index contributed by atoms with van der Waals surface area (Å²) < 4.78 is 0. The SMILES string of the molecule is CC1CCc2ccccc2N1CC1(C)CCNC1. The third kappa shape index (κ3) is 2.14. The molecule has 1 fully saturated rings. The fourth-order valence-electron chi connectivity index (χ4n) is 3.42. The van der Waals surface area contributed by atoms with Crippen molar-refractivity contribution in [2.24, 2.45) is 5.41 Å². The number of benzene rings is 1. The Balaban J connectivity index is 1.86. The fourth-order valence-corrected chi connectivity index (χ4v) is 3.42. The molecule has 0 saturated carbocycles. The first-order chi connectivity index (χ1) is 8.68. The minimum Gasteiger partial charge on any atom is -0.368 e. The molecule has 2 heteroatoms. The Morgan fingerprint density at radius 2 is 2.22 bits per heavy atom. The summed E-state index contributed by atoms with van der Waals surface area (Å²) in [4.78, 5) is 2.64. The maximum atomic E-state index is 3.51. The van der Waals surface area contributed by atoms with E-state index in [0.29, 0.717) is 11.5 Å². The second-order valence-corrected chi connectivity index (χ2v) is 6.38. The van der Waals surface area contributed by atoms with Gasteiger partial charge >= 0.3 is 0 Å². The van der Waals surface area contributed by atoms with Gasteiger partial charge in [0.25, 0.3) is 0 Å². The van der Waals surface area contributed by atoms with Crippen LogP contribution in [-0.2, 0) is 6.42 Å². The van der Waals surface area contributed by atoms with Crippen molar-refractivity contribution in [3.63, 3.8) is 0 Å². The minimum absolute atomic E-state index is 0.443. The van der Waals surface area contributed by atoms with Crippen molar-refractivity contribution in [3.05, 3.63) is 29.8 Å². The highest BCUT2D eigenvalue weighted by atomic mass is 15.2. The van der Waals surface area contributed by atoms with Crippen molar-refractivity contribution >= 4 is 5.69 Å². The number of rotatable bonds is 2. The second-order valence-electron chi connectivity index (χ2n) is 6.38. The van der Waals surface area contributed by atoms with Gasteiger partial charge in [0.2, 0.25) is 0 Å². The smallest absolute Gasteiger partial charge is 0.0401 e. The van der Waals surface area contributed by atoms with E-state index >= 15 is 0 Å². The third-order valence-electron chi connectivity index (χ3n) is 4.67. The molecule has 2 nitrogen and oxygen atoms in total. The minimum atomic E-state index is 0.443. The molecule has 0 aromatic heterocycles. The summed E-state index contributed by atoms with van der Waals surface area (Å²) >= 11 is 0. The summed E-state index contributed by atoms with van der Waals surface area (Å²) in [6, 6.07) is 9.63. The van der Waals surface area contributed by atoms with Crippen molar-refractivity contribution in [3.8, 4) is 0 Å². The molecule has 2 aliphatic heterocycles. The zero-order chi connectivity index (χ0) is 12.6. The van der Waals surface area contributed by atoms with Crippen molar-refractivity contribution in [2.75, 3.05) is 24.5 Å². The number of hydrogen-bond acceptors (Lipinski definition) is 2. The van der Waals surface area contributed by atoms with Crippen molar-refractivity contribution < 1.29 is 0 Å². The van der Waals surface area contributed by atoms with E-state index in [1.165, 1.54) is 50.1 Å². The van der Waals surface area contributed by atoms with Gasteiger partial charge in [0.05, 0.1) is 0 Å². The average Bonchev–Trinajstić information content (AvgIpc) is 2.80. The maximum absolute atomic E-state index is 3.51. The quantitative estimate of drug-likeness (QED) is 0.860. The standard InChI is InChI=1S/C16H24N2/c1-13-7-8-14-5-3-4-6-15(14)18(13)12-16(2)9-10-17-11-16/h3-6,13,17H,7-12H2,1-2H3. The van der Waals surface area contributed by atoms with Gasteiger partial charge in [0.15, 0.2) is 0 Å². The van der Waals surface area contributed by atoms with Crippen LogP contribution < -0.4 is 10.2 Å². The Morgan fingerprint density at radius 3 is 3.00 bits per heavy atom. The molecule has 2 atom stereocenters. The summed E-state index contributed by atoms with van der Waals surface area (Å²) in [5.41, 5.74) is 3.45. The zero-order valence-corrected chi connectivity index (χ0v) is 11.6. The van der Waals surface area contributed by atoms with E-state index in [4.69, 9.17) is 0 Å². The zero-order valence-electron chi connectivity index (χ0n) is 11.6. The molecule has 18 heavy (non-hydrogen) atoms. The van der Waals surface area contributed by atoms with Crippen molar-refractivity contribution in [1.82, 2.24) is 5.32 Å². The van der Waals surface area contributed by atoms with Gasteiger partial charge in [-0.05, 0) is 49.8 Å². The third-order valence-corrected chi connectivity index (χ3v) is 4.67. The van der Waals surface area contributed by atoms with Crippen LogP contribution in [0.2, 0.25) is 0 Å². The van der Waals surface area contributed by atoms with Crippen LogP contribution in [0.1, 0.15) is 32.3 Å². The van der Waals surface area contributed by atoms with Crippen LogP contribution in [0.3, 0.4) is 0 Å². The van der Waals surface area contributed by atoms with Crippen LogP contribution in [0.15, 0.2) is 24.3 Å². The van der Waals surface area contributed by atoms with Crippen molar-refractivity contribution in [2.45, 2.75) is 39.2 Å². The van der Waals surface area contributed by atoms with E-state index in [0.717, 1.165) is 0 Å². The fraction of sp³-hybridized carbons (Fsp3) is 0.625. The molecule has 1 N–H and O–H groups in total. The molecular weight excluding hydrogens is 220 g/mol. The topological polar surface area (TPSA) is 15.3 Å². The number of hydrogen-bond donors (Lipinski definition) is 1. The van der Waals surface area contributed by atoms with Gasteiger partial charge in [-0.2, -0.15) is 0 Å². The molecule has 0 aliphatic carbocycles. The lowest BCUT2D eigenvalue weighted by Gasteiger charge is -2.41. The molecular formula is C16H24N2. The van der Waals surface area contributed by atoms with Crippen LogP contribution >= 0.6 is 0 Å². The molecule has 98 valence electrons. The molecule has 3 rings (SSSR count). The number of fused-ring (bicyclic) bond motifs is 1. The van der Waals surface area contributed by atoms with Crippen LogP contribution in [0, 0.1) is 5.41 Å². The largest absolute Gasteiger partial charge is 0.368 e. The van der Waals surface area contributed by atoms with E-state index in [2.05, 4.69) is 48.3 Å². The van der Waals surface area contributed by atoms with Crippen LogP contribution in [0.4, 0.5) is 5.69 Å². The Hall–Kier alpha value is -1.02. The monoisotopic (exact) mass is 244 g/mol. The Labute approximate surface area is 110 Å². The number of nitrogens with zero attached hydrogens (tertiary/aromatic N) is 1. The van der Waals surface area contributed by atoms with Crippen LogP contribution in [0.5, 0.6) is 0 Å². The lowest BCUT2D eigenvalue weighted by Crippen LogP contribution is -2.44. The molecule has 2 aliphatic rings. The summed E-state index contributed by atoms with van der Waals surface area (Å²) in [7, 11) is 0. The highest BCUT2D eigenvalue weighted by molar-refractivity contribution is 5.56. The molecule has 1 aromatic carbocycles. The predicted molar refractivity (Wildman–Crippen MR) is 77.2 cm³/mol. The summed E-state index contributed by atoms with van der Waals surface area (Å²) in [6.07, 6.45) is 3.84. The van der Waals surface area contributed by atoms with Gasteiger partial charge in [-0.1, -0.05) is 25.1 Å². The Bertz CT molecular complexity index is 421. The average molecular weight is 244 g/mol. The van der Waals surface area contributed by atoms with E-state index in [-0.39, 0.29) is 0 Å². The van der Waals surface area contributed by atoms with E-state index in [1.54, 1.807) is 0 Å². The maximum Gasteiger partial charge on any atom is 0.0401 e. The molecule has 0 radical (unpaired) electrons. The Morgan fingerprint density at radius 1 is 1.39 bits per heavy atom. The number of anilines is 1. The molecule has 2 unspecified atom stereocenters. The second kappa shape index (κ2) is 4.58. The Kier molecular flexibility index (Phi) is 3.06. The van der Waals surface area contributed by atoms with Gasteiger partial charge in [-0.25, -0.2) is 0 Å². The lowest BCUT2D eigenvalue weighted by atomic mass is 9.86. The van der Waals surface area contributed by atoms with E-state index in [1.807, 2.05) is 0 Å². The number of aryl methyl sites for hydroxylation is 1. The van der Waals surface area contributed by atoms with Crippen LogP contribution in [-0.4, -0.2) is 25.7 Å². The molecule has 0 amide bonds. The summed E-state index contributed by atoms with van der Waals surface area (Å²) in [6.45, 7) is 8.34. The summed E-state index contributed by atoms with van der Waals surface area (Å²) in [5, 5.41) is 3.51. The van der Waals surface area contributed by atoms with E-state index in [9.17, 15) is 0 Å². The molecule has 2 heterocycles. The number of para-hydroxylation sites is 1. The molecule has 0 spiro atoms. The van der Waals surface area contributed by atoms with Crippen LogP contribution in [0.25, 0.3) is 0 Å². The van der Waals surface area contributed by atoms with Crippen molar-refractivity contribution in [1.29, 1.82) is 0 Å². The molecule has 1 saturated heterocycles. The lowest BCUT2D eigenvalue weighted by molar-refractivity contribution is 0.346. The highest BCUT2D eigenvalue weighted by Crippen LogP contribution is 2.35. The molecule has 1 aromatic rings.